The van der Waals surface area contributed by atoms with Crippen molar-refractivity contribution in [2.75, 3.05) is 0 Å². The number of hydrogen-bond acceptors (Lipinski definition) is 1. The van der Waals surface area contributed by atoms with Gasteiger partial charge >= 0.3 is 0 Å². The van der Waals surface area contributed by atoms with Gasteiger partial charge in [-0.05, 0) is 19.4 Å². The number of rotatable bonds is 1. The van der Waals surface area contributed by atoms with Gasteiger partial charge in [-0.2, -0.15) is 5.10 Å². The summed E-state index contributed by atoms with van der Waals surface area (Å²) in [6, 6.07) is 2.06. The summed E-state index contributed by atoms with van der Waals surface area (Å²) in [5, 5.41) is 6.88. The van der Waals surface area contributed by atoms with Crippen LogP contribution in [0.3, 0.4) is 0 Å². The molecular weight excluding hydrogens is 100 g/mol. The lowest BCUT2D eigenvalue weighted by Crippen LogP contribution is -1.76. The number of nitrogens with zero attached hydrogens (tertiary/aromatic N) is 1. The molecule has 2 heteroatoms. The first-order valence-electron chi connectivity index (χ1n) is 2.84. The average molecular weight is 112 g/mol. The number of aromatic nitrogens is 2. The van der Waals surface area contributed by atoms with E-state index in [0.717, 1.165) is 17.8 Å². The molecule has 2 nitrogen and oxygen atoms in total. The molecule has 0 bridgehead atoms. The molecule has 0 fully saturated rings. The van der Waals surface area contributed by atoms with Crippen LogP contribution in [-0.2, 0) is 6.42 Å². The molecule has 1 heterocycles. The Morgan fingerprint density at radius 2 is 2.62 bits per heavy atom. The van der Waals surface area contributed by atoms with Crippen LogP contribution in [0.15, 0.2) is 6.07 Å². The average Bonchev–Trinajstić information content (AvgIpc) is 2.14. The van der Waals surface area contributed by atoms with Gasteiger partial charge in [0.2, 0.25) is 0 Å². The highest BCUT2D eigenvalue weighted by Gasteiger charge is 1.90. The molecule has 0 amide bonds. The zero-order valence-corrected chi connectivity index (χ0v) is 5.23. The van der Waals surface area contributed by atoms with E-state index in [0.29, 0.717) is 0 Å². The lowest BCUT2D eigenvalue weighted by molar-refractivity contribution is 0.962. The maximum atomic E-state index is 4.01. The first-order chi connectivity index (χ1) is 3.83. The van der Waals surface area contributed by atoms with E-state index in [4.69, 9.17) is 0 Å². The summed E-state index contributed by atoms with van der Waals surface area (Å²) < 4.78 is 0. The third-order valence-corrected chi connectivity index (χ3v) is 1.12. The summed E-state index contributed by atoms with van der Waals surface area (Å²) in [6.07, 6.45) is 1.02. The second kappa shape index (κ2) is 1.99. The molecule has 46 valence electrons. The Kier molecular flexibility index (Phi) is 1.33. The monoisotopic (exact) mass is 112 g/mol. The van der Waals surface area contributed by atoms with Crippen molar-refractivity contribution in [2.45, 2.75) is 20.3 Å². The van der Waals surface area contributed by atoms with Gasteiger partial charge in [-0.1, -0.05) is 6.92 Å². The smallest absolute Gasteiger partial charge is 0.0622 e. The fourth-order valence-electron chi connectivity index (χ4n) is 0.656. The lowest BCUT2D eigenvalue weighted by Gasteiger charge is -1.77. The van der Waals surface area contributed by atoms with E-state index >= 15 is 0 Å². The predicted molar refractivity (Wildman–Crippen MR) is 34.8 cm³/mol. The molecule has 0 aromatic carbocycles. The summed E-state index contributed by atoms with van der Waals surface area (Å²) in [5.41, 5.74) is 2.28. The molecular formula is C6H12N2. The van der Waals surface area contributed by atoms with Crippen LogP contribution in [0, 0.1) is 6.92 Å². The summed E-state index contributed by atoms with van der Waals surface area (Å²) in [5.74, 6) is 0. The van der Waals surface area contributed by atoms with Crippen LogP contribution in [0.4, 0.5) is 0 Å². The molecule has 1 aromatic rings. The van der Waals surface area contributed by atoms with E-state index in [-0.39, 0.29) is 1.43 Å². The second-order valence-electron chi connectivity index (χ2n) is 1.90. The highest BCUT2D eigenvalue weighted by molar-refractivity contribution is 5.05. The van der Waals surface area contributed by atoms with Gasteiger partial charge in [-0.3, -0.25) is 5.10 Å². The van der Waals surface area contributed by atoms with Crippen LogP contribution >= 0.6 is 0 Å². The Morgan fingerprint density at radius 3 is 2.88 bits per heavy atom. The number of nitrogens with one attached hydrogen (secondary N) is 1. The fourth-order valence-corrected chi connectivity index (χ4v) is 0.656. The third-order valence-electron chi connectivity index (χ3n) is 1.12. The molecule has 0 spiro atoms. The van der Waals surface area contributed by atoms with Crippen molar-refractivity contribution >= 4 is 0 Å². The number of aryl methyl sites for hydroxylation is 2. The minimum Gasteiger partial charge on any atom is -0.283 e. The molecule has 1 aromatic heterocycles. The van der Waals surface area contributed by atoms with Gasteiger partial charge in [0.05, 0.1) is 5.69 Å². The first kappa shape index (κ1) is 5.35. The van der Waals surface area contributed by atoms with Gasteiger partial charge in [0, 0.05) is 7.12 Å². The first-order valence-corrected chi connectivity index (χ1v) is 2.84. The Balaban J connectivity index is 0.000000640. The molecule has 8 heavy (non-hydrogen) atoms. The normalized spacial score (nSPS) is 9.75. The van der Waals surface area contributed by atoms with Crippen LogP contribution in [0.2, 0.25) is 0 Å². The van der Waals surface area contributed by atoms with Crippen molar-refractivity contribution in [2.24, 2.45) is 0 Å². The predicted octanol–water partition coefficient (Wildman–Crippen LogP) is 1.53. The summed E-state index contributed by atoms with van der Waals surface area (Å²) in [6.45, 7) is 4.10. The van der Waals surface area contributed by atoms with E-state index in [9.17, 15) is 0 Å². The molecule has 0 saturated heterocycles. The second-order valence-corrected chi connectivity index (χ2v) is 1.90. The SMILES string of the molecule is CCc1cc(C)[nH]n1.[HH]. The summed E-state index contributed by atoms with van der Waals surface area (Å²) in [7, 11) is 0. The molecule has 0 atom stereocenters. The number of hydrogen-bond donors (Lipinski definition) is 1. The fraction of sp³-hybridized carbons (Fsp3) is 0.500. The third kappa shape index (κ3) is 0.886. The van der Waals surface area contributed by atoms with Crippen LogP contribution in [0.25, 0.3) is 0 Å². The molecule has 0 radical (unpaired) electrons. The van der Waals surface area contributed by atoms with Gasteiger partial charge in [-0.25, -0.2) is 0 Å². The van der Waals surface area contributed by atoms with Crippen molar-refractivity contribution < 1.29 is 1.43 Å². The van der Waals surface area contributed by atoms with Gasteiger partial charge < -0.3 is 0 Å². The van der Waals surface area contributed by atoms with E-state index < -0.39 is 0 Å². The molecule has 0 aliphatic heterocycles. The minimum absolute atomic E-state index is 0. The maximum absolute atomic E-state index is 4.01. The zero-order valence-electron chi connectivity index (χ0n) is 5.23. The van der Waals surface area contributed by atoms with Gasteiger partial charge in [0.1, 0.15) is 0 Å². The molecule has 0 aliphatic carbocycles. The molecule has 0 aliphatic rings. The molecule has 1 rings (SSSR count). The molecule has 1 N–H and O–H groups in total. The highest BCUT2D eigenvalue weighted by Crippen LogP contribution is 1.96. The Labute approximate surface area is 50.4 Å². The van der Waals surface area contributed by atoms with E-state index in [2.05, 4.69) is 23.2 Å². The zero-order chi connectivity index (χ0) is 5.98. The maximum Gasteiger partial charge on any atom is 0.0622 e. The van der Waals surface area contributed by atoms with E-state index in [1.165, 1.54) is 0 Å². The number of H-pyrrole nitrogens is 1. The Morgan fingerprint density at radius 1 is 1.88 bits per heavy atom. The minimum atomic E-state index is 0. The largest absolute Gasteiger partial charge is 0.283 e. The van der Waals surface area contributed by atoms with E-state index in [1.54, 1.807) is 0 Å². The van der Waals surface area contributed by atoms with Crippen LogP contribution in [0.1, 0.15) is 19.7 Å². The van der Waals surface area contributed by atoms with Gasteiger partial charge in [0.25, 0.3) is 0 Å². The highest BCUT2D eigenvalue weighted by atomic mass is 15.1. The Hall–Kier alpha value is -0.790. The number of aromatic amines is 1. The van der Waals surface area contributed by atoms with Crippen LogP contribution < -0.4 is 0 Å². The standard InChI is InChI=1S/C6H10N2.H2/c1-3-6-4-5(2)7-8-6;/h4H,3H2,1-2H3,(H,7,8);1H. The summed E-state index contributed by atoms with van der Waals surface area (Å²) >= 11 is 0. The van der Waals surface area contributed by atoms with Gasteiger partial charge in [-0.15, -0.1) is 0 Å². The van der Waals surface area contributed by atoms with Crippen molar-refractivity contribution in [3.05, 3.63) is 17.5 Å². The topological polar surface area (TPSA) is 28.7 Å². The summed E-state index contributed by atoms with van der Waals surface area (Å²) in [4.78, 5) is 0. The Bertz CT molecular complexity index is 171. The van der Waals surface area contributed by atoms with Crippen molar-refractivity contribution in [1.82, 2.24) is 10.2 Å². The quantitative estimate of drug-likeness (QED) is 0.586. The van der Waals surface area contributed by atoms with Crippen molar-refractivity contribution in [1.29, 1.82) is 0 Å². The van der Waals surface area contributed by atoms with Crippen molar-refractivity contribution in [3.63, 3.8) is 0 Å². The van der Waals surface area contributed by atoms with Gasteiger partial charge in [0.15, 0.2) is 0 Å². The van der Waals surface area contributed by atoms with Crippen LogP contribution in [-0.4, -0.2) is 10.2 Å². The molecule has 0 unspecified atom stereocenters. The van der Waals surface area contributed by atoms with Crippen LogP contribution in [0.5, 0.6) is 0 Å². The lowest BCUT2D eigenvalue weighted by atomic mass is 10.3. The van der Waals surface area contributed by atoms with Crippen molar-refractivity contribution in [3.8, 4) is 0 Å². The molecule has 0 saturated carbocycles. The van der Waals surface area contributed by atoms with E-state index in [1.807, 2.05) is 6.92 Å².